The minimum absolute atomic E-state index is 0.216. The topological polar surface area (TPSA) is 89.5 Å². The quantitative estimate of drug-likeness (QED) is 0.680. The van der Waals surface area contributed by atoms with E-state index in [-0.39, 0.29) is 17.2 Å². The second-order valence-corrected chi connectivity index (χ2v) is 7.43. The van der Waals surface area contributed by atoms with E-state index in [1.165, 1.54) is 30.6 Å². The number of amides is 2. The second-order valence-electron chi connectivity index (χ2n) is 6.37. The molecule has 2 aromatic carbocycles. The van der Waals surface area contributed by atoms with Crippen LogP contribution in [0.1, 0.15) is 24.8 Å². The SMILES string of the molecule is COc1ccc(OCCOc2cccc(C3SC(NC(C)=O)=NN3C(C)=O)c2)cc1. The summed E-state index contributed by atoms with van der Waals surface area (Å²) in [7, 11) is 1.62. The van der Waals surface area contributed by atoms with Crippen molar-refractivity contribution in [2.45, 2.75) is 19.2 Å². The van der Waals surface area contributed by atoms with Crippen LogP contribution in [0.4, 0.5) is 0 Å². The Balaban J connectivity index is 1.57. The average molecular weight is 429 g/mol. The van der Waals surface area contributed by atoms with E-state index in [2.05, 4.69) is 10.4 Å². The van der Waals surface area contributed by atoms with Crippen LogP contribution in [0, 0.1) is 0 Å². The number of amidine groups is 1. The Hall–Kier alpha value is -3.20. The average Bonchev–Trinajstić information content (AvgIpc) is 3.15. The van der Waals surface area contributed by atoms with Crippen LogP contribution in [0.25, 0.3) is 0 Å². The molecule has 9 heteroatoms. The van der Waals surface area contributed by atoms with Crippen LogP contribution in [0.15, 0.2) is 53.6 Å². The predicted octanol–water partition coefficient (Wildman–Crippen LogP) is 3.15. The summed E-state index contributed by atoms with van der Waals surface area (Å²) in [6, 6.07) is 14.8. The summed E-state index contributed by atoms with van der Waals surface area (Å²) in [5, 5.41) is 8.20. The molecular weight excluding hydrogens is 406 g/mol. The Morgan fingerprint density at radius 3 is 2.33 bits per heavy atom. The molecule has 0 aliphatic carbocycles. The highest BCUT2D eigenvalue weighted by atomic mass is 32.2. The first-order chi connectivity index (χ1) is 14.5. The van der Waals surface area contributed by atoms with E-state index in [1.54, 1.807) is 7.11 Å². The van der Waals surface area contributed by atoms with E-state index in [4.69, 9.17) is 14.2 Å². The van der Waals surface area contributed by atoms with Crippen LogP contribution in [0.3, 0.4) is 0 Å². The first-order valence-corrected chi connectivity index (χ1v) is 10.2. The molecular formula is C21H23N3O5S. The fourth-order valence-electron chi connectivity index (χ4n) is 2.73. The Kier molecular flexibility index (Phi) is 7.18. The van der Waals surface area contributed by atoms with Crippen molar-refractivity contribution in [1.82, 2.24) is 10.3 Å². The van der Waals surface area contributed by atoms with Gasteiger partial charge in [-0.15, -0.1) is 5.10 Å². The van der Waals surface area contributed by atoms with E-state index in [0.717, 1.165) is 17.1 Å². The Morgan fingerprint density at radius 1 is 1.03 bits per heavy atom. The molecule has 30 heavy (non-hydrogen) atoms. The van der Waals surface area contributed by atoms with Gasteiger partial charge < -0.3 is 19.5 Å². The highest BCUT2D eigenvalue weighted by molar-refractivity contribution is 8.14. The van der Waals surface area contributed by atoms with Gasteiger partial charge in [-0.3, -0.25) is 9.59 Å². The monoisotopic (exact) mass is 429 g/mol. The first-order valence-electron chi connectivity index (χ1n) is 9.28. The van der Waals surface area contributed by atoms with Crippen molar-refractivity contribution < 1.29 is 23.8 Å². The highest BCUT2D eigenvalue weighted by Crippen LogP contribution is 2.39. The Bertz CT molecular complexity index is 932. The van der Waals surface area contributed by atoms with Crippen LogP contribution in [-0.4, -0.2) is 42.3 Å². The zero-order chi connectivity index (χ0) is 21.5. The third-order valence-corrected chi connectivity index (χ3v) is 5.18. The maximum absolute atomic E-state index is 12.0. The van der Waals surface area contributed by atoms with Crippen LogP contribution < -0.4 is 19.5 Å². The fraction of sp³-hybridized carbons (Fsp3) is 0.286. The maximum Gasteiger partial charge on any atom is 0.241 e. The highest BCUT2D eigenvalue weighted by Gasteiger charge is 2.32. The van der Waals surface area contributed by atoms with Gasteiger partial charge in [-0.2, -0.15) is 0 Å². The smallest absolute Gasteiger partial charge is 0.241 e. The van der Waals surface area contributed by atoms with E-state index in [0.29, 0.717) is 24.1 Å². The lowest BCUT2D eigenvalue weighted by molar-refractivity contribution is -0.129. The lowest BCUT2D eigenvalue weighted by Gasteiger charge is -2.19. The molecule has 0 fully saturated rings. The molecule has 2 amide bonds. The molecule has 0 saturated heterocycles. The summed E-state index contributed by atoms with van der Waals surface area (Å²) in [6.07, 6.45) is 0. The number of hydrogen-bond donors (Lipinski definition) is 1. The molecule has 1 unspecified atom stereocenters. The number of nitrogens with zero attached hydrogens (tertiary/aromatic N) is 2. The fourth-order valence-corrected chi connectivity index (χ4v) is 3.86. The molecule has 158 valence electrons. The summed E-state index contributed by atoms with van der Waals surface area (Å²) in [5.74, 6) is 1.70. The van der Waals surface area contributed by atoms with Crippen molar-refractivity contribution in [3.8, 4) is 17.2 Å². The second kappa shape index (κ2) is 10.0. The number of hydrogen-bond acceptors (Lipinski definition) is 7. The van der Waals surface area contributed by atoms with E-state index in [1.807, 2.05) is 48.5 Å². The lowest BCUT2D eigenvalue weighted by Crippen LogP contribution is -2.25. The summed E-state index contributed by atoms with van der Waals surface area (Å²) >= 11 is 1.30. The molecule has 8 nitrogen and oxygen atoms in total. The molecule has 0 saturated carbocycles. The number of carbonyl (C=O) groups excluding carboxylic acids is 2. The van der Waals surface area contributed by atoms with Crippen molar-refractivity contribution in [3.05, 3.63) is 54.1 Å². The summed E-state index contributed by atoms with van der Waals surface area (Å²) in [4.78, 5) is 23.3. The standard InChI is InChI=1S/C21H23N3O5S/c1-14(25)22-21-23-24(15(2)26)20(30-21)16-5-4-6-19(13-16)29-12-11-28-18-9-7-17(27-3)8-10-18/h4-10,13,20H,11-12H2,1-3H3,(H,22,23,25). The largest absolute Gasteiger partial charge is 0.497 e. The summed E-state index contributed by atoms with van der Waals surface area (Å²) in [5.41, 5.74) is 0.841. The van der Waals surface area contributed by atoms with Gasteiger partial charge in [-0.1, -0.05) is 23.9 Å². The predicted molar refractivity (Wildman–Crippen MR) is 115 cm³/mol. The molecule has 3 rings (SSSR count). The number of thioether (sulfide) groups is 1. The van der Waals surface area contributed by atoms with E-state index < -0.39 is 0 Å². The van der Waals surface area contributed by atoms with Gasteiger partial charge in [0.05, 0.1) is 7.11 Å². The zero-order valence-corrected chi connectivity index (χ0v) is 17.8. The molecule has 2 aromatic rings. The Morgan fingerprint density at radius 2 is 1.70 bits per heavy atom. The van der Waals surface area contributed by atoms with Crippen molar-refractivity contribution in [3.63, 3.8) is 0 Å². The summed E-state index contributed by atoms with van der Waals surface area (Å²) in [6.45, 7) is 3.57. The van der Waals surface area contributed by atoms with Gasteiger partial charge in [0.15, 0.2) is 5.17 Å². The zero-order valence-electron chi connectivity index (χ0n) is 17.0. The Labute approximate surface area is 179 Å². The molecule has 0 aromatic heterocycles. The number of benzene rings is 2. The molecule has 1 N–H and O–H groups in total. The minimum atomic E-state index is -0.372. The van der Waals surface area contributed by atoms with Crippen molar-refractivity contribution in [2.75, 3.05) is 20.3 Å². The molecule has 0 spiro atoms. The number of hydrazone groups is 1. The number of ether oxygens (including phenoxy) is 3. The van der Waals surface area contributed by atoms with E-state index >= 15 is 0 Å². The molecule has 0 radical (unpaired) electrons. The van der Waals surface area contributed by atoms with Gasteiger partial charge in [-0.25, -0.2) is 5.01 Å². The van der Waals surface area contributed by atoms with Crippen molar-refractivity contribution in [1.29, 1.82) is 0 Å². The van der Waals surface area contributed by atoms with Gasteiger partial charge in [0.2, 0.25) is 11.8 Å². The molecule has 1 aliphatic rings. The summed E-state index contributed by atoms with van der Waals surface area (Å²) < 4.78 is 16.6. The number of methoxy groups -OCH3 is 1. The van der Waals surface area contributed by atoms with Crippen molar-refractivity contribution in [2.24, 2.45) is 5.10 Å². The van der Waals surface area contributed by atoms with Crippen LogP contribution in [0.5, 0.6) is 17.2 Å². The normalized spacial score (nSPS) is 15.4. The van der Waals surface area contributed by atoms with Gasteiger partial charge in [-0.05, 0) is 42.0 Å². The minimum Gasteiger partial charge on any atom is -0.497 e. The molecule has 1 atom stereocenters. The molecule has 1 aliphatic heterocycles. The van der Waals surface area contributed by atoms with Gasteiger partial charge in [0.25, 0.3) is 0 Å². The maximum atomic E-state index is 12.0. The van der Waals surface area contributed by atoms with Gasteiger partial charge in [0, 0.05) is 13.8 Å². The lowest BCUT2D eigenvalue weighted by atomic mass is 10.2. The molecule has 1 heterocycles. The molecule has 0 bridgehead atoms. The third-order valence-electron chi connectivity index (χ3n) is 4.07. The van der Waals surface area contributed by atoms with Crippen LogP contribution in [0.2, 0.25) is 0 Å². The van der Waals surface area contributed by atoms with Gasteiger partial charge in [0.1, 0.15) is 35.8 Å². The number of rotatable bonds is 7. The van der Waals surface area contributed by atoms with E-state index in [9.17, 15) is 9.59 Å². The van der Waals surface area contributed by atoms with Crippen LogP contribution >= 0.6 is 11.8 Å². The first kappa shape index (κ1) is 21.5. The number of carbonyl (C=O) groups is 2. The van der Waals surface area contributed by atoms with Crippen LogP contribution in [-0.2, 0) is 9.59 Å². The van der Waals surface area contributed by atoms with Gasteiger partial charge >= 0.3 is 0 Å². The third kappa shape index (κ3) is 5.66. The van der Waals surface area contributed by atoms with Crippen molar-refractivity contribution >= 4 is 28.7 Å². The number of nitrogens with one attached hydrogen (secondary N) is 1.